The van der Waals surface area contributed by atoms with E-state index in [0.29, 0.717) is 11.5 Å². The van der Waals surface area contributed by atoms with E-state index in [-0.39, 0.29) is 28.1 Å². The normalized spacial score (nSPS) is 10.3. The molecule has 0 spiro atoms. The van der Waals surface area contributed by atoms with Crippen molar-refractivity contribution in [1.29, 1.82) is 0 Å². The summed E-state index contributed by atoms with van der Waals surface area (Å²) >= 11 is 1.12. The highest BCUT2D eigenvalue weighted by Crippen LogP contribution is 2.35. The van der Waals surface area contributed by atoms with Gasteiger partial charge in [-0.05, 0) is 13.8 Å². The molecule has 7 heteroatoms. The second kappa shape index (κ2) is 6.24. The van der Waals surface area contributed by atoms with E-state index < -0.39 is 5.91 Å². The van der Waals surface area contributed by atoms with Gasteiger partial charge in [-0.25, -0.2) is 0 Å². The molecule has 1 aromatic heterocycles. The van der Waals surface area contributed by atoms with E-state index in [0.717, 1.165) is 11.3 Å². The lowest BCUT2D eigenvalue weighted by atomic mass is 10.2. The summed E-state index contributed by atoms with van der Waals surface area (Å²) in [4.78, 5) is 23.6. The van der Waals surface area contributed by atoms with Gasteiger partial charge in [-0.15, -0.1) is 17.9 Å². The number of anilines is 2. The van der Waals surface area contributed by atoms with Crippen LogP contribution in [0.3, 0.4) is 0 Å². The second-order valence-electron chi connectivity index (χ2n) is 4.21. The van der Waals surface area contributed by atoms with Gasteiger partial charge in [0.1, 0.15) is 9.88 Å². The number of nitrogens with two attached hydrogens (primary N) is 2. The number of nitrogen functional groups attached to an aromatic ring is 1. The number of carbonyl (C=O) groups excluding carboxylic acids is 2. The van der Waals surface area contributed by atoms with Gasteiger partial charge < -0.3 is 22.1 Å². The predicted octanol–water partition coefficient (Wildman–Crippen LogP) is 1.17. The van der Waals surface area contributed by atoms with Crippen LogP contribution in [0.4, 0.5) is 10.7 Å². The fraction of sp³-hybridized carbons (Fsp3) is 0.333. The van der Waals surface area contributed by atoms with Crippen LogP contribution < -0.4 is 22.1 Å². The molecule has 2 amide bonds. The fourth-order valence-corrected chi connectivity index (χ4v) is 2.65. The molecule has 19 heavy (non-hydrogen) atoms. The molecule has 0 saturated heterocycles. The molecular formula is C12H18N4O2S. The number of primary amides is 1. The van der Waals surface area contributed by atoms with Crippen molar-refractivity contribution < 1.29 is 9.59 Å². The molecule has 0 unspecified atom stereocenters. The Morgan fingerprint density at radius 2 is 2.11 bits per heavy atom. The van der Waals surface area contributed by atoms with E-state index in [1.807, 2.05) is 13.8 Å². The van der Waals surface area contributed by atoms with Crippen LogP contribution in [-0.2, 0) is 0 Å². The topological polar surface area (TPSA) is 110 Å². The Morgan fingerprint density at radius 3 is 2.58 bits per heavy atom. The molecule has 0 radical (unpaired) electrons. The lowest BCUT2D eigenvalue weighted by Gasteiger charge is -2.08. The van der Waals surface area contributed by atoms with Gasteiger partial charge in [-0.2, -0.15) is 0 Å². The van der Waals surface area contributed by atoms with Crippen molar-refractivity contribution in [3.63, 3.8) is 0 Å². The summed E-state index contributed by atoms with van der Waals surface area (Å²) in [5, 5.41) is 6.20. The summed E-state index contributed by atoms with van der Waals surface area (Å²) in [5.74, 6) is -0.999. The molecule has 0 atom stereocenters. The van der Waals surface area contributed by atoms with Crippen LogP contribution in [0.1, 0.15) is 33.9 Å². The number of hydrogen-bond donors (Lipinski definition) is 4. The van der Waals surface area contributed by atoms with Crippen LogP contribution in [-0.4, -0.2) is 24.4 Å². The molecule has 0 fully saturated rings. The Kier molecular flexibility index (Phi) is 4.94. The summed E-state index contributed by atoms with van der Waals surface area (Å²) < 4.78 is 0. The molecule has 104 valence electrons. The predicted molar refractivity (Wildman–Crippen MR) is 78.5 cm³/mol. The monoisotopic (exact) mass is 282 g/mol. The van der Waals surface area contributed by atoms with Gasteiger partial charge in [-0.1, -0.05) is 6.08 Å². The molecule has 0 saturated carbocycles. The lowest BCUT2D eigenvalue weighted by Crippen LogP contribution is -2.23. The standard InChI is InChI=1S/C12H18N4O2S/c1-4-5-15-11(18)9-8(13)7(10(14)17)12(19-9)16-6(2)3/h4,6,16H,1,5,13H2,2-3H3,(H2,14,17)(H,15,18). The molecule has 0 aliphatic carbocycles. The molecule has 1 rings (SSSR count). The highest BCUT2D eigenvalue weighted by molar-refractivity contribution is 7.19. The van der Waals surface area contributed by atoms with Crippen molar-refractivity contribution >= 4 is 33.8 Å². The molecule has 0 aliphatic heterocycles. The maximum Gasteiger partial charge on any atom is 0.263 e. The first-order valence-corrected chi connectivity index (χ1v) is 6.57. The number of nitrogens with one attached hydrogen (secondary N) is 2. The van der Waals surface area contributed by atoms with Crippen molar-refractivity contribution in [2.24, 2.45) is 5.73 Å². The van der Waals surface area contributed by atoms with Crippen molar-refractivity contribution in [2.75, 3.05) is 17.6 Å². The first-order chi connectivity index (χ1) is 8.88. The number of hydrogen-bond acceptors (Lipinski definition) is 5. The Balaban J connectivity index is 3.16. The van der Waals surface area contributed by atoms with E-state index >= 15 is 0 Å². The first kappa shape index (κ1) is 15.0. The molecule has 0 aliphatic rings. The summed E-state index contributed by atoms with van der Waals surface area (Å²) in [6.07, 6.45) is 1.56. The maximum absolute atomic E-state index is 11.9. The summed E-state index contributed by atoms with van der Waals surface area (Å²) in [7, 11) is 0. The average molecular weight is 282 g/mol. The van der Waals surface area contributed by atoms with Gasteiger partial charge >= 0.3 is 0 Å². The highest BCUT2D eigenvalue weighted by Gasteiger charge is 2.24. The largest absolute Gasteiger partial charge is 0.397 e. The smallest absolute Gasteiger partial charge is 0.263 e. The van der Waals surface area contributed by atoms with Gasteiger partial charge in [0.25, 0.3) is 11.8 Å². The van der Waals surface area contributed by atoms with Crippen molar-refractivity contribution in [2.45, 2.75) is 19.9 Å². The average Bonchev–Trinajstić information content (AvgIpc) is 2.62. The third kappa shape index (κ3) is 3.47. The molecule has 1 heterocycles. The van der Waals surface area contributed by atoms with Gasteiger partial charge in [-0.3, -0.25) is 9.59 Å². The van der Waals surface area contributed by atoms with Gasteiger partial charge in [0, 0.05) is 12.6 Å². The highest BCUT2D eigenvalue weighted by atomic mass is 32.1. The number of carbonyl (C=O) groups is 2. The Hall–Kier alpha value is -2.02. The summed E-state index contributed by atoms with van der Waals surface area (Å²) in [6.45, 7) is 7.67. The second-order valence-corrected chi connectivity index (χ2v) is 5.23. The minimum atomic E-state index is -0.653. The van der Waals surface area contributed by atoms with E-state index in [4.69, 9.17) is 11.5 Å². The number of thiophene rings is 1. The van der Waals surface area contributed by atoms with E-state index in [1.165, 1.54) is 0 Å². The number of amides is 2. The van der Waals surface area contributed by atoms with Gasteiger partial charge in [0.15, 0.2) is 0 Å². The van der Waals surface area contributed by atoms with Crippen molar-refractivity contribution in [3.8, 4) is 0 Å². The van der Waals surface area contributed by atoms with Crippen LogP contribution in [0.2, 0.25) is 0 Å². The summed E-state index contributed by atoms with van der Waals surface area (Å²) in [6, 6.07) is 0.0974. The van der Waals surface area contributed by atoms with Crippen LogP contribution in [0.5, 0.6) is 0 Å². The van der Waals surface area contributed by atoms with E-state index in [9.17, 15) is 9.59 Å². The Labute approximate surface area is 115 Å². The van der Waals surface area contributed by atoms with Gasteiger partial charge in [0.05, 0.1) is 11.3 Å². The lowest BCUT2D eigenvalue weighted by molar-refractivity contribution is 0.0962. The Morgan fingerprint density at radius 1 is 1.47 bits per heavy atom. The summed E-state index contributed by atoms with van der Waals surface area (Å²) in [5.41, 5.74) is 11.4. The zero-order chi connectivity index (χ0) is 14.6. The molecule has 0 bridgehead atoms. The molecule has 6 N–H and O–H groups in total. The SMILES string of the molecule is C=CCNC(=O)c1sc(NC(C)C)c(C(N)=O)c1N. The zero-order valence-corrected chi connectivity index (χ0v) is 11.8. The number of rotatable bonds is 6. The first-order valence-electron chi connectivity index (χ1n) is 5.76. The third-order valence-electron chi connectivity index (χ3n) is 2.22. The zero-order valence-electron chi connectivity index (χ0n) is 10.9. The molecule has 6 nitrogen and oxygen atoms in total. The third-order valence-corrected chi connectivity index (χ3v) is 3.36. The quantitative estimate of drug-likeness (QED) is 0.587. The maximum atomic E-state index is 11.9. The fourth-order valence-electron chi connectivity index (χ4n) is 1.47. The van der Waals surface area contributed by atoms with E-state index in [1.54, 1.807) is 6.08 Å². The van der Waals surface area contributed by atoms with Crippen LogP contribution >= 0.6 is 11.3 Å². The molecule has 0 aromatic carbocycles. The van der Waals surface area contributed by atoms with Gasteiger partial charge in [0.2, 0.25) is 0 Å². The van der Waals surface area contributed by atoms with E-state index in [2.05, 4.69) is 17.2 Å². The molecular weight excluding hydrogens is 264 g/mol. The molecule has 1 aromatic rings. The van der Waals surface area contributed by atoms with Crippen molar-refractivity contribution in [3.05, 3.63) is 23.1 Å². The Bertz CT molecular complexity index is 508. The van der Waals surface area contributed by atoms with Crippen molar-refractivity contribution in [1.82, 2.24) is 5.32 Å². The van der Waals surface area contributed by atoms with Crippen LogP contribution in [0.15, 0.2) is 12.7 Å². The van der Waals surface area contributed by atoms with Crippen LogP contribution in [0.25, 0.3) is 0 Å². The minimum absolute atomic E-state index is 0.0974. The minimum Gasteiger partial charge on any atom is -0.397 e. The van der Waals surface area contributed by atoms with Crippen LogP contribution in [0, 0.1) is 0 Å².